The van der Waals surface area contributed by atoms with Crippen molar-refractivity contribution in [2.45, 2.75) is 129 Å². The molecule has 0 aromatic heterocycles. The molecule has 2 aliphatic carbocycles. The molecule has 0 nitrogen and oxygen atoms in total. The molecule has 2 aromatic rings. The maximum atomic E-state index is 2.61. The van der Waals surface area contributed by atoms with E-state index in [-0.39, 0.29) is 35.6 Å². The van der Waals surface area contributed by atoms with Gasteiger partial charge in [-0.25, -0.2) is 0 Å². The second-order valence-electron chi connectivity index (χ2n) is 14.0. The molecular weight excluding hydrogens is 607 g/mol. The van der Waals surface area contributed by atoms with Crippen LogP contribution in [0.15, 0.2) is 42.5 Å². The number of hydrogen-bond donors (Lipinski definition) is 0. The van der Waals surface area contributed by atoms with E-state index in [1.165, 1.54) is 55.2 Å². The molecule has 218 valence electrons. The van der Waals surface area contributed by atoms with E-state index in [0.717, 1.165) is 6.42 Å². The van der Waals surface area contributed by atoms with E-state index in [2.05, 4.69) is 112 Å². The van der Waals surface area contributed by atoms with Crippen LogP contribution < -0.4 is 28.1 Å². The second kappa shape index (κ2) is 14.1. The molecule has 0 atom stereocenters. The monoisotopic (exact) mass is 656 g/mol. The van der Waals surface area contributed by atoms with Gasteiger partial charge in [-0.15, -0.1) is 0 Å². The molecule has 40 heavy (non-hydrogen) atoms. The number of benzene rings is 2. The van der Waals surface area contributed by atoms with E-state index >= 15 is 0 Å². The first-order valence-electron chi connectivity index (χ1n) is 15.3. The fourth-order valence-corrected chi connectivity index (χ4v) is 16.1. The zero-order valence-corrected chi connectivity index (χ0v) is 30.8. The van der Waals surface area contributed by atoms with Crippen molar-refractivity contribution in [2.24, 2.45) is 0 Å². The SMILES string of the molecule is CCCC[C](CCCC)=[Zr+2]([c]1c(C)c(C(C)(C)C)cc2c1Cc1cc(C)c(C(C)(C)C)cc1-2)[CH]1C=CC=C1.[Cl-].[Cl-]. The van der Waals surface area contributed by atoms with Gasteiger partial charge >= 0.3 is 243 Å². The summed E-state index contributed by atoms with van der Waals surface area (Å²) in [7, 11) is 0. The molecule has 0 spiro atoms. The summed E-state index contributed by atoms with van der Waals surface area (Å²) in [5, 5.41) is 0. The molecule has 4 rings (SSSR count). The van der Waals surface area contributed by atoms with Crippen molar-refractivity contribution in [1.29, 1.82) is 0 Å². The van der Waals surface area contributed by atoms with Crippen molar-refractivity contribution in [2.75, 3.05) is 0 Å². The van der Waals surface area contributed by atoms with Crippen molar-refractivity contribution in [3.8, 4) is 11.1 Å². The first kappa shape index (κ1) is 35.4. The van der Waals surface area contributed by atoms with E-state index in [4.69, 9.17) is 0 Å². The van der Waals surface area contributed by atoms with Crippen molar-refractivity contribution < 1.29 is 46.1 Å². The number of hydrogen-bond acceptors (Lipinski definition) is 0. The van der Waals surface area contributed by atoms with Gasteiger partial charge < -0.3 is 24.8 Å². The number of rotatable bonds is 8. The normalized spacial score (nSPS) is 13.8. The van der Waals surface area contributed by atoms with E-state index in [1.54, 1.807) is 27.8 Å². The van der Waals surface area contributed by atoms with Gasteiger partial charge in [0.2, 0.25) is 0 Å². The molecule has 0 bridgehead atoms. The average Bonchev–Trinajstić information content (AvgIpc) is 3.47. The second-order valence-corrected chi connectivity index (χ2v) is 20.6. The summed E-state index contributed by atoms with van der Waals surface area (Å²) in [6, 6.07) is 7.71. The zero-order valence-electron chi connectivity index (χ0n) is 26.8. The molecule has 0 saturated heterocycles. The van der Waals surface area contributed by atoms with Gasteiger partial charge in [0.05, 0.1) is 0 Å². The molecule has 2 aromatic carbocycles. The molecule has 0 saturated carbocycles. The van der Waals surface area contributed by atoms with Gasteiger partial charge in [-0.3, -0.25) is 0 Å². The van der Waals surface area contributed by atoms with Crippen molar-refractivity contribution in [1.82, 2.24) is 0 Å². The summed E-state index contributed by atoms with van der Waals surface area (Å²) in [6.07, 6.45) is 18.9. The average molecular weight is 659 g/mol. The Balaban J connectivity index is 0.00000280. The Hall–Kier alpha value is -0.747. The molecule has 0 N–H and O–H groups in total. The van der Waals surface area contributed by atoms with Crippen LogP contribution >= 0.6 is 0 Å². The molecule has 0 unspecified atom stereocenters. The summed E-state index contributed by atoms with van der Waals surface area (Å²) in [5.41, 5.74) is 12.8. The van der Waals surface area contributed by atoms with Gasteiger partial charge in [0, 0.05) is 0 Å². The van der Waals surface area contributed by atoms with Crippen LogP contribution in [0.2, 0.25) is 3.63 Å². The Bertz CT molecular complexity index is 1270. The molecule has 0 aliphatic heterocycles. The topological polar surface area (TPSA) is 0 Å². The summed E-state index contributed by atoms with van der Waals surface area (Å²) in [6.45, 7) is 23.9. The third kappa shape index (κ3) is 7.24. The van der Waals surface area contributed by atoms with Gasteiger partial charge in [0.25, 0.3) is 0 Å². The number of unbranched alkanes of at least 4 members (excludes halogenated alkanes) is 2. The first-order valence-corrected chi connectivity index (χ1v) is 19.1. The Morgan fingerprint density at radius 3 is 1.80 bits per heavy atom. The molecule has 0 amide bonds. The molecule has 2 aliphatic rings. The smallest absolute Gasteiger partial charge is 1.00 e. The number of halogens is 2. The zero-order chi connectivity index (χ0) is 27.8. The van der Waals surface area contributed by atoms with Crippen LogP contribution in [0.5, 0.6) is 0 Å². The van der Waals surface area contributed by atoms with Crippen LogP contribution in [-0.2, 0) is 38.5 Å². The summed E-state index contributed by atoms with van der Waals surface area (Å²) in [4.78, 5) is 0. The Kier molecular flexibility index (Phi) is 12.5. The predicted octanol–water partition coefficient (Wildman–Crippen LogP) is 4.19. The summed E-state index contributed by atoms with van der Waals surface area (Å²) < 4.78 is 4.50. The maximum Gasteiger partial charge on any atom is -1.00 e. The Morgan fingerprint density at radius 1 is 0.775 bits per heavy atom. The molecule has 0 radical (unpaired) electrons. The number of aryl methyl sites for hydroxylation is 1. The quantitative estimate of drug-likeness (QED) is 0.341. The van der Waals surface area contributed by atoms with E-state index in [0.29, 0.717) is 3.63 Å². The molecule has 0 heterocycles. The predicted molar refractivity (Wildman–Crippen MR) is 167 cm³/mol. The van der Waals surface area contributed by atoms with Crippen LogP contribution in [0, 0.1) is 13.8 Å². The fraction of sp³-hybridized carbons (Fsp3) is 0.541. The van der Waals surface area contributed by atoms with Gasteiger partial charge in [0.15, 0.2) is 0 Å². The summed E-state index contributed by atoms with van der Waals surface area (Å²) >= 11 is -2.25. The maximum absolute atomic E-state index is 2.61. The van der Waals surface area contributed by atoms with Crippen molar-refractivity contribution in [3.05, 3.63) is 75.9 Å². The van der Waals surface area contributed by atoms with Crippen LogP contribution in [0.3, 0.4) is 0 Å². The van der Waals surface area contributed by atoms with Crippen LogP contribution in [-0.4, -0.2) is 3.21 Å². The third-order valence-corrected chi connectivity index (χ3v) is 17.5. The minimum absolute atomic E-state index is 0. The van der Waals surface area contributed by atoms with E-state index in [1.807, 2.05) is 6.48 Å². The minimum Gasteiger partial charge on any atom is -1.00 e. The van der Waals surface area contributed by atoms with Crippen molar-refractivity contribution >= 4 is 6.48 Å². The standard InChI is InChI=1S/C23H29.C9H18.C5H5.2ClH.Zr/c1-14-9-16-11-17-10-15(2)21(23(6,7)8)13-19(17)18(16)12-20(14)22(3,4)5;1-3-5-7-9-8-6-4-2;1-2-4-5-3-1;;;/h9,12-13H,11H2,1-8H3;3-8H2,1-2H3;1-5H;2*1H;/q;;;;;+2/p-2. The molecule has 0 fully saturated rings. The summed E-state index contributed by atoms with van der Waals surface area (Å²) in [5.74, 6) is 0. The Morgan fingerprint density at radius 2 is 1.30 bits per heavy atom. The largest absolute Gasteiger partial charge is 1.00 e. The van der Waals surface area contributed by atoms with Gasteiger partial charge in [-0.05, 0) is 0 Å². The molecular formula is C37H52Cl2Zr. The molecule has 3 heteroatoms. The van der Waals surface area contributed by atoms with E-state index < -0.39 is 21.3 Å². The third-order valence-electron chi connectivity index (χ3n) is 8.81. The Labute approximate surface area is 266 Å². The van der Waals surface area contributed by atoms with Crippen LogP contribution in [0.1, 0.15) is 127 Å². The van der Waals surface area contributed by atoms with Gasteiger partial charge in [-0.1, -0.05) is 0 Å². The van der Waals surface area contributed by atoms with Gasteiger partial charge in [0.1, 0.15) is 0 Å². The number of allylic oxidation sites excluding steroid dienone is 4. The van der Waals surface area contributed by atoms with E-state index in [9.17, 15) is 0 Å². The first-order chi connectivity index (χ1) is 17.9. The van der Waals surface area contributed by atoms with Crippen LogP contribution in [0.25, 0.3) is 11.1 Å². The number of fused-ring (bicyclic) bond motifs is 3. The fourth-order valence-electron chi connectivity index (χ4n) is 6.94. The van der Waals surface area contributed by atoms with Crippen LogP contribution in [0.4, 0.5) is 0 Å². The minimum atomic E-state index is -2.25. The van der Waals surface area contributed by atoms with Crippen molar-refractivity contribution in [3.63, 3.8) is 0 Å². The van der Waals surface area contributed by atoms with Gasteiger partial charge in [-0.2, -0.15) is 0 Å².